The van der Waals surface area contributed by atoms with E-state index in [4.69, 9.17) is 0 Å². The Morgan fingerprint density at radius 3 is 2.43 bits per heavy atom. The zero-order chi connectivity index (χ0) is 15.1. The van der Waals surface area contributed by atoms with Gasteiger partial charge in [0.2, 0.25) is 5.91 Å². The molecule has 2 unspecified atom stereocenters. The van der Waals surface area contributed by atoms with Crippen LogP contribution in [0.2, 0.25) is 0 Å². The summed E-state index contributed by atoms with van der Waals surface area (Å²) >= 11 is 0. The molecule has 2 bridgehead atoms. The third-order valence-corrected chi connectivity index (χ3v) is 4.69. The molecule has 2 aliphatic carbocycles. The Balaban J connectivity index is 1.82. The number of rotatable bonds is 3. The molecule has 2 aliphatic rings. The molecule has 4 nitrogen and oxygen atoms in total. The summed E-state index contributed by atoms with van der Waals surface area (Å²) in [7, 11) is 0. The molecule has 21 heavy (non-hydrogen) atoms. The maximum absolute atomic E-state index is 12.5. The molecule has 1 amide bonds. The second kappa shape index (κ2) is 5.02. The summed E-state index contributed by atoms with van der Waals surface area (Å²) in [6.07, 6.45) is 4.72. The summed E-state index contributed by atoms with van der Waals surface area (Å²) in [5.74, 6) is -2.04. The molecule has 3 rings (SSSR count). The van der Waals surface area contributed by atoms with Crippen LogP contribution in [0.5, 0.6) is 0 Å². The fraction of sp³-hybridized carbons (Fsp3) is 0.412. The molecule has 2 N–H and O–H groups in total. The smallest absolute Gasteiger partial charge is 0.307 e. The van der Waals surface area contributed by atoms with E-state index in [1.165, 1.54) is 0 Å². The fourth-order valence-electron chi connectivity index (χ4n) is 3.69. The average molecular weight is 285 g/mol. The zero-order valence-electron chi connectivity index (χ0n) is 12.2. The Bertz CT molecular complexity index is 635. The van der Waals surface area contributed by atoms with Crippen molar-refractivity contribution in [2.75, 3.05) is 5.32 Å². The summed E-state index contributed by atoms with van der Waals surface area (Å²) in [5, 5.41) is 12.3. The monoisotopic (exact) mass is 285 g/mol. The summed E-state index contributed by atoms with van der Waals surface area (Å²) in [5.41, 5.74) is 2.90. The van der Waals surface area contributed by atoms with Crippen molar-refractivity contribution in [2.45, 2.75) is 20.3 Å². The molecule has 0 aromatic heterocycles. The van der Waals surface area contributed by atoms with Crippen molar-refractivity contribution in [2.24, 2.45) is 23.7 Å². The Hall–Kier alpha value is -2.10. The number of fused-ring (bicyclic) bond motifs is 2. The number of carboxylic acids is 1. The number of amides is 1. The lowest BCUT2D eigenvalue weighted by Crippen LogP contribution is -2.36. The summed E-state index contributed by atoms with van der Waals surface area (Å²) in [4.78, 5) is 24.0. The van der Waals surface area contributed by atoms with Crippen molar-refractivity contribution in [3.05, 3.63) is 41.5 Å². The number of aryl methyl sites for hydroxylation is 2. The highest BCUT2D eigenvalue weighted by molar-refractivity contribution is 5.96. The highest BCUT2D eigenvalue weighted by Gasteiger charge is 2.51. The minimum Gasteiger partial charge on any atom is -0.481 e. The second-order valence-electron chi connectivity index (χ2n) is 6.15. The topological polar surface area (TPSA) is 66.4 Å². The molecule has 1 fully saturated rings. The molecule has 1 aromatic rings. The van der Waals surface area contributed by atoms with Gasteiger partial charge < -0.3 is 10.4 Å². The quantitative estimate of drug-likeness (QED) is 0.839. The normalized spacial score (nSPS) is 29.6. The van der Waals surface area contributed by atoms with E-state index in [0.29, 0.717) is 0 Å². The van der Waals surface area contributed by atoms with E-state index in [1.54, 1.807) is 0 Å². The fourth-order valence-corrected chi connectivity index (χ4v) is 3.69. The van der Waals surface area contributed by atoms with Crippen LogP contribution in [0, 0.1) is 37.5 Å². The molecule has 0 spiro atoms. The van der Waals surface area contributed by atoms with Crippen molar-refractivity contribution >= 4 is 17.6 Å². The number of benzene rings is 1. The first-order valence-electron chi connectivity index (χ1n) is 7.26. The minimum atomic E-state index is -0.868. The summed E-state index contributed by atoms with van der Waals surface area (Å²) in [6.45, 7) is 3.94. The van der Waals surface area contributed by atoms with Gasteiger partial charge in [-0.2, -0.15) is 0 Å². The Morgan fingerprint density at radius 2 is 1.81 bits per heavy atom. The van der Waals surface area contributed by atoms with Gasteiger partial charge in [0.1, 0.15) is 0 Å². The lowest BCUT2D eigenvalue weighted by Gasteiger charge is -2.24. The first-order valence-corrected chi connectivity index (χ1v) is 7.26. The van der Waals surface area contributed by atoms with Crippen LogP contribution in [-0.4, -0.2) is 17.0 Å². The molecule has 4 heteroatoms. The number of carbonyl (C=O) groups is 2. The average Bonchev–Trinajstić information content (AvgIpc) is 3.02. The highest BCUT2D eigenvalue weighted by atomic mass is 16.4. The lowest BCUT2D eigenvalue weighted by atomic mass is 9.82. The van der Waals surface area contributed by atoms with Crippen LogP contribution < -0.4 is 5.32 Å². The van der Waals surface area contributed by atoms with Gasteiger partial charge in [0.15, 0.2) is 0 Å². The van der Waals surface area contributed by atoms with Gasteiger partial charge in [0, 0.05) is 5.69 Å². The number of hydrogen-bond donors (Lipinski definition) is 2. The molecule has 1 saturated carbocycles. The van der Waals surface area contributed by atoms with E-state index in [9.17, 15) is 14.7 Å². The van der Waals surface area contributed by atoms with Gasteiger partial charge in [-0.1, -0.05) is 29.8 Å². The molecule has 0 radical (unpaired) electrons. The Kier molecular flexibility index (Phi) is 3.32. The number of hydrogen-bond acceptors (Lipinski definition) is 2. The third kappa shape index (κ3) is 2.35. The minimum absolute atomic E-state index is 0.00219. The molecule has 4 atom stereocenters. The van der Waals surface area contributed by atoms with Gasteiger partial charge in [-0.25, -0.2) is 0 Å². The second-order valence-corrected chi connectivity index (χ2v) is 6.15. The van der Waals surface area contributed by atoms with E-state index >= 15 is 0 Å². The standard InChI is InChI=1S/C17H19NO3/c1-9-3-6-13(10(2)7-9)18-16(19)14-11-4-5-12(8-11)15(14)17(20)21/h3-7,11-12,14-15H,8H2,1-2H3,(H,18,19)(H,20,21)/t11?,12?,14-,15+/m0/s1. The molecular weight excluding hydrogens is 266 g/mol. The van der Waals surface area contributed by atoms with Crippen LogP contribution in [0.15, 0.2) is 30.4 Å². The lowest BCUT2D eigenvalue weighted by molar-refractivity contribution is -0.146. The first kappa shape index (κ1) is 13.9. The van der Waals surface area contributed by atoms with Gasteiger partial charge in [-0.05, 0) is 43.7 Å². The van der Waals surface area contributed by atoms with Crippen molar-refractivity contribution in [1.82, 2.24) is 0 Å². The van der Waals surface area contributed by atoms with Gasteiger partial charge in [0.05, 0.1) is 11.8 Å². The van der Waals surface area contributed by atoms with Gasteiger partial charge >= 0.3 is 5.97 Å². The molecule has 1 aromatic carbocycles. The maximum atomic E-state index is 12.5. The highest BCUT2D eigenvalue weighted by Crippen LogP contribution is 2.48. The zero-order valence-corrected chi connectivity index (χ0v) is 12.2. The van der Waals surface area contributed by atoms with E-state index in [2.05, 4.69) is 5.32 Å². The Morgan fingerprint density at radius 1 is 1.14 bits per heavy atom. The van der Waals surface area contributed by atoms with Crippen LogP contribution >= 0.6 is 0 Å². The molecular formula is C17H19NO3. The van der Waals surface area contributed by atoms with Crippen molar-refractivity contribution in [1.29, 1.82) is 0 Å². The third-order valence-electron chi connectivity index (χ3n) is 4.69. The molecule has 0 aliphatic heterocycles. The Labute approximate surface area is 123 Å². The van der Waals surface area contributed by atoms with E-state index in [-0.39, 0.29) is 17.7 Å². The number of carboxylic acid groups (broad SMARTS) is 1. The number of anilines is 1. The van der Waals surface area contributed by atoms with E-state index < -0.39 is 17.8 Å². The predicted octanol–water partition coefficient (Wildman–Crippen LogP) is 2.76. The number of nitrogens with one attached hydrogen (secondary N) is 1. The van der Waals surface area contributed by atoms with Gasteiger partial charge in [-0.3, -0.25) is 9.59 Å². The summed E-state index contributed by atoms with van der Waals surface area (Å²) < 4.78 is 0. The molecule has 0 heterocycles. The number of carbonyl (C=O) groups excluding carboxylic acids is 1. The predicted molar refractivity (Wildman–Crippen MR) is 79.9 cm³/mol. The molecule has 110 valence electrons. The molecule has 0 saturated heterocycles. The van der Waals surface area contributed by atoms with E-state index in [0.717, 1.165) is 23.2 Å². The van der Waals surface area contributed by atoms with Crippen LogP contribution in [0.4, 0.5) is 5.69 Å². The first-order chi connectivity index (χ1) is 9.97. The van der Waals surface area contributed by atoms with Crippen molar-refractivity contribution in [3.63, 3.8) is 0 Å². The largest absolute Gasteiger partial charge is 0.481 e. The van der Waals surface area contributed by atoms with Crippen LogP contribution in [0.25, 0.3) is 0 Å². The SMILES string of the molecule is Cc1ccc(NC(=O)[C@H]2C3C=CC(C3)[C@H]2C(=O)O)c(C)c1. The van der Waals surface area contributed by atoms with Crippen molar-refractivity contribution in [3.8, 4) is 0 Å². The van der Waals surface area contributed by atoms with Crippen LogP contribution in [-0.2, 0) is 9.59 Å². The number of aliphatic carboxylic acids is 1. The van der Waals surface area contributed by atoms with Crippen LogP contribution in [0.1, 0.15) is 17.5 Å². The van der Waals surface area contributed by atoms with Crippen LogP contribution in [0.3, 0.4) is 0 Å². The maximum Gasteiger partial charge on any atom is 0.307 e. The van der Waals surface area contributed by atoms with Crippen molar-refractivity contribution < 1.29 is 14.7 Å². The summed E-state index contributed by atoms with van der Waals surface area (Å²) in [6, 6.07) is 5.82. The van der Waals surface area contributed by atoms with E-state index in [1.807, 2.05) is 44.2 Å². The number of allylic oxidation sites excluding steroid dienone is 2. The van der Waals surface area contributed by atoms with Gasteiger partial charge in [-0.15, -0.1) is 0 Å². The van der Waals surface area contributed by atoms with Gasteiger partial charge in [0.25, 0.3) is 0 Å².